The number of nitrogens with one attached hydrogen (secondary N) is 2. The molecule has 20 heavy (non-hydrogen) atoms. The number of nitrogens with zero attached hydrogens (tertiary/aromatic N) is 2. The van der Waals surface area contributed by atoms with E-state index in [1.807, 2.05) is 11.4 Å². The minimum absolute atomic E-state index is 0.121. The molecule has 1 saturated carbocycles. The maximum absolute atomic E-state index is 12.2. The second-order valence-corrected chi connectivity index (χ2v) is 6.36. The molecular formula is C14H16N4OS. The van der Waals surface area contributed by atoms with Crippen LogP contribution in [0.1, 0.15) is 12.8 Å². The topological polar surface area (TPSA) is 59.0 Å². The van der Waals surface area contributed by atoms with E-state index in [0.717, 1.165) is 24.1 Å². The number of amides is 1. The molecule has 2 aliphatic rings. The average molecular weight is 288 g/mol. The van der Waals surface area contributed by atoms with E-state index >= 15 is 0 Å². The summed E-state index contributed by atoms with van der Waals surface area (Å²) >= 11 is 1.64. The van der Waals surface area contributed by atoms with Gasteiger partial charge in [-0.15, -0.1) is 0 Å². The molecule has 0 spiro atoms. The number of hydrogen-bond acceptors (Lipinski definition) is 4. The number of fused-ring (bicyclic) bond motifs is 2. The van der Waals surface area contributed by atoms with Crippen molar-refractivity contribution in [1.29, 1.82) is 0 Å². The molecule has 2 bridgehead atoms. The Kier molecular flexibility index (Phi) is 2.85. The molecule has 1 aliphatic heterocycles. The van der Waals surface area contributed by atoms with Crippen molar-refractivity contribution in [3.8, 4) is 11.1 Å². The van der Waals surface area contributed by atoms with Gasteiger partial charge in [0.15, 0.2) is 0 Å². The Balaban J connectivity index is 1.46. The zero-order valence-electron chi connectivity index (χ0n) is 11.0. The number of piperidine rings is 1. The Bertz CT molecular complexity index is 621. The highest BCUT2D eigenvalue weighted by molar-refractivity contribution is 7.08. The fourth-order valence-corrected chi connectivity index (χ4v) is 3.91. The van der Waals surface area contributed by atoms with Crippen molar-refractivity contribution in [2.45, 2.75) is 24.9 Å². The van der Waals surface area contributed by atoms with Crippen LogP contribution in [0.2, 0.25) is 0 Å². The summed E-state index contributed by atoms with van der Waals surface area (Å²) in [5, 5.41) is 14.8. The first-order valence-electron chi connectivity index (χ1n) is 6.91. The first-order chi connectivity index (χ1) is 9.79. The third-order valence-electron chi connectivity index (χ3n) is 4.32. The highest BCUT2D eigenvalue weighted by Crippen LogP contribution is 2.31. The molecule has 2 aromatic rings. The molecule has 1 aliphatic carbocycles. The predicted octanol–water partition coefficient (Wildman–Crippen LogP) is 1.92. The van der Waals surface area contributed by atoms with Crippen molar-refractivity contribution in [2.24, 2.45) is 5.92 Å². The van der Waals surface area contributed by atoms with E-state index in [4.69, 9.17) is 0 Å². The summed E-state index contributed by atoms with van der Waals surface area (Å²) in [6, 6.07) is 2.79. The van der Waals surface area contributed by atoms with E-state index < -0.39 is 0 Å². The molecule has 2 fully saturated rings. The Morgan fingerprint density at radius 1 is 1.45 bits per heavy atom. The molecule has 2 N–H and O–H groups in total. The van der Waals surface area contributed by atoms with E-state index in [-0.39, 0.29) is 6.03 Å². The van der Waals surface area contributed by atoms with Crippen molar-refractivity contribution in [1.82, 2.24) is 20.4 Å². The van der Waals surface area contributed by atoms with Crippen LogP contribution >= 0.6 is 11.3 Å². The summed E-state index contributed by atoms with van der Waals surface area (Å²) in [6.45, 7) is 1.02. The van der Waals surface area contributed by atoms with Crippen LogP contribution in [0.25, 0.3) is 11.1 Å². The lowest BCUT2D eigenvalue weighted by atomic mass is 10.0. The number of thiophene rings is 1. The fourth-order valence-electron chi connectivity index (χ4n) is 3.25. The number of rotatable bonds is 2. The minimum atomic E-state index is -0.121. The molecule has 3 unspecified atom stereocenters. The maximum atomic E-state index is 12.2. The first kappa shape index (κ1) is 12.1. The lowest BCUT2D eigenvalue weighted by molar-refractivity contribution is 0.230. The molecule has 5 nitrogen and oxygen atoms in total. The molecular weight excluding hydrogens is 272 g/mol. The largest absolute Gasteiger partial charge is 0.342 e. The standard InChI is InChI=1S/C14H16N4OS/c19-14(17-13-4-12-3-10(13)5-15-12)18-7-11(6-16-18)9-1-2-20-8-9/h1-2,6-8,10,12-13,15H,3-5H2,(H,17,19). The van der Waals surface area contributed by atoms with Crippen LogP contribution in [0, 0.1) is 5.92 Å². The zero-order chi connectivity index (χ0) is 13.5. The average Bonchev–Trinajstić information content (AvgIpc) is 3.21. The number of aromatic nitrogens is 2. The second-order valence-electron chi connectivity index (χ2n) is 5.58. The van der Waals surface area contributed by atoms with E-state index in [0.29, 0.717) is 18.0 Å². The Morgan fingerprint density at radius 2 is 2.40 bits per heavy atom. The third-order valence-corrected chi connectivity index (χ3v) is 5.00. The Labute approximate surface area is 121 Å². The summed E-state index contributed by atoms with van der Waals surface area (Å²) in [5.74, 6) is 0.579. The molecule has 3 heterocycles. The smallest absolute Gasteiger partial charge is 0.333 e. The van der Waals surface area contributed by atoms with Gasteiger partial charge in [0.2, 0.25) is 0 Å². The van der Waals surface area contributed by atoms with Crippen molar-refractivity contribution >= 4 is 17.4 Å². The summed E-state index contributed by atoms with van der Waals surface area (Å²) < 4.78 is 1.41. The lowest BCUT2D eigenvalue weighted by Crippen LogP contribution is -2.45. The molecule has 3 atom stereocenters. The van der Waals surface area contributed by atoms with Gasteiger partial charge in [0.25, 0.3) is 0 Å². The SMILES string of the molecule is O=C(NC1CC2CC1CN2)n1cc(-c2ccsc2)cn1. The Hall–Kier alpha value is -1.66. The summed E-state index contributed by atoms with van der Waals surface area (Å²) in [4.78, 5) is 12.2. The Morgan fingerprint density at radius 3 is 3.10 bits per heavy atom. The van der Waals surface area contributed by atoms with E-state index in [1.54, 1.807) is 23.7 Å². The third kappa shape index (κ3) is 2.05. The van der Waals surface area contributed by atoms with Gasteiger partial charge in [-0.25, -0.2) is 4.79 Å². The zero-order valence-corrected chi connectivity index (χ0v) is 11.8. The minimum Gasteiger partial charge on any atom is -0.333 e. The van der Waals surface area contributed by atoms with Gasteiger partial charge in [-0.2, -0.15) is 21.1 Å². The van der Waals surface area contributed by atoms with Gasteiger partial charge in [-0.05, 0) is 41.1 Å². The molecule has 104 valence electrons. The molecule has 1 amide bonds. The predicted molar refractivity (Wildman–Crippen MR) is 77.8 cm³/mol. The summed E-state index contributed by atoms with van der Waals surface area (Å²) in [5.41, 5.74) is 2.09. The molecule has 2 aromatic heterocycles. The highest BCUT2D eigenvalue weighted by Gasteiger charge is 2.40. The molecule has 0 aromatic carbocycles. The van der Waals surface area contributed by atoms with Crippen LogP contribution in [0.3, 0.4) is 0 Å². The van der Waals surface area contributed by atoms with E-state index in [9.17, 15) is 4.79 Å². The molecule has 6 heteroatoms. The first-order valence-corrected chi connectivity index (χ1v) is 7.85. The molecule has 1 saturated heterocycles. The lowest BCUT2D eigenvalue weighted by Gasteiger charge is -2.23. The van der Waals surface area contributed by atoms with Crippen molar-refractivity contribution in [3.05, 3.63) is 29.2 Å². The van der Waals surface area contributed by atoms with Gasteiger partial charge in [-0.3, -0.25) is 0 Å². The van der Waals surface area contributed by atoms with Crippen LogP contribution in [0.4, 0.5) is 4.79 Å². The van der Waals surface area contributed by atoms with Gasteiger partial charge in [0.05, 0.1) is 6.20 Å². The van der Waals surface area contributed by atoms with Gasteiger partial charge >= 0.3 is 6.03 Å². The number of carbonyl (C=O) groups excluding carboxylic acids is 1. The van der Waals surface area contributed by atoms with Gasteiger partial charge in [0.1, 0.15) is 0 Å². The van der Waals surface area contributed by atoms with Crippen molar-refractivity contribution in [3.63, 3.8) is 0 Å². The van der Waals surface area contributed by atoms with E-state index in [2.05, 4.69) is 21.1 Å². The normalized spacial score (nSPS) is 27.9. The van der Waals surface area contributed by atoms with Gasteiger partial charge in [-0.1, -0.05) is 0 Å². The van der Waals surface area contributed by atoms with Gasteiger partial charge in [0, 0.05) is 30.4 Å². The van der Waals surface area contributed by atoms with E-state index in [1.165, 1.54) is 11.1 Å². The van der Waals surface area contributed by atoms with Gasteiger partial charge < -0.3 is 10.6 Å². The fraction of sp³-hybridized carbons (Fsp3) is 0.429. The summed E-state index contributed by atoms with van der Waals surface area (Å²) in [6.07, 6.45) is 5.76. The quantitative estimate of drug-likeness (QED) is 0.887. The van der Waals surface area contributed by atoms with Crippen molar-refractivity contribution in [2.75, 3.05) is 6.54 Å². The number of carbonyl (C=O) groups is 1. The second kappa shape index (κ2) is 4.71. The molecule has 0 radical (unpaired) electrons. The van der Waals surface area contributed by atoms with Crippen LogP contribution in [-0.4, -0.2) is 34.4 Å². The monoisotopic (exact) mass is 288 g/mol. The summed E-state index contributed by atoms with van der Waals surface area (Å²) in [7, 11) is 0. The van der Waals surface area contributed by atoms with Crippen LogP contribution < -0.4 is 10.6 Å². The van der Waals surface area contributed by atoms with Crippen LogP contribution in [0.15, 0.2) is 29.2 Å². The van der Waals surface area contributed by atoms with Crippen molar-refractivity contribution < 1.29 is 4.79 Å². The maximum Gasteiger partial charge on any atom is 0.342 e. The number of hydrogen-bond donors (Lipinski definition) is 2. The van der Waals surface area contributed by atoms with Crippen LogP contribution in [0.5, 0.6) is 0 Å². The molecule has 4 rings (SSSR count). The van der Waals surface area contributed by atoms with Crippen LogP contribution in [-0.2, 0) is 0 Å². The highest BCUT2D eigenvalue weighted by atomic mass is 32.1.